The summed E-state index contributed by atoms with van der Waals surface area (Å²) in [6.45, 7) is 2.28. The molecular formula is C11H9NO7. The molecule has 0 fully saturated rings. The average molecular weight is 267 g/mol. The molecular weight excluding hydrogens is 258 g/mol. The van der Waals surface area contributed by atoms with Crippen molar-refractivity contribution in [2.45, 2.75) is 13.8 Å². The number of nitrogens with zero attached hydrogens (tertiary/aromatic N) is 1. The highest BCUT2D eigenvalue weighted by atomic mass is 16.4. The molecule has 0 aliphatic rings. The van der Waals surface area contributed by atoms with E-state index in [9.17, 15) is 19.2 Å². The summed E-state index contributed by atoms with van der Waals surface area (Å²) in [6, 6.07) is 0. The van der Waals surface area contributed by atoms with E-state index in [0.29, 0.717) is 0 Å². The van der Waals surface area contributed by atoms with E-state index < -0.39 is 46.1 Å². The standard InChI is InChI=1S/C11H9NO7/c1-3-5(4(2)13)6(9(14)15)7(10(16)17)8(12-3)11(18)19/h1-2H3,(H,14,15)(H,16,17)(H,18,19). The van der Waals surface area contributed by atoms with Crippen LogP contribution in [0.1, 0.15) is 54.2 Å². The zero-order valence-electron chi connectivity index (χ0n) is 9.92. The van der Waals surface area contributed by atoms with Crippen molar-refractivity contribution in [3.8, 4) is 0 Å². The second kappa shape index (κ2) is 4.84. The van der Waals surface area contributed by atoms with Gasteiger partial charge in [0.25, 0.3) is 0 Å². The molecule has 0 unspecified atom stereocenters. The van der Waals surface area contributed by atoms with E-state index in [4.69, 9.17) is 15.3 Å². The summed E-state index contributed by atoms with van der Waals surface area (Å²) in [6.07, 6.45) is 0. The number of ketones is 1. The quantitative estimate of drug-likeness (QED) is 0.676. The highest BCUT2D eigenvalue weighted by Crippen LogP contribution is 2.22. The lowest BCUT2D eigenvalue weighted by atomic mass is 9.96. The third-order valence-corrected chi connectivity index (χ3v) is 2.36. The number of carbonyl (C=O) groups is 4. The molecule has 1 rings (SSSR count). The number of hydrogen-bond donors (Lipinski definition) is 3. The summed E-state index contributed by atoms with van der Waals surface area (Å²) in [5.74, 6) is -5.86. The normalized spacial score (nSPS) is 10.0. The number of rotatable bonds is 4. The molecule has 0 aliphatic heterocycles. The van der Waals surface area contributed by atoms with Gasteiger partial charge in [0.1, 0.15) is 5.56 Å². The van der Waals surface area contributed by atoms with Crippen molar-refractivity contribution >= 4 is 23.7 Å². The molecule has 0 atom stereocenters. The fourth-order valence-electron chi connectivity index (χ4n) is 1.71. The van der Waals surface area contributed by atoms with Crippen molar-refractivity contribution in [2.75, 3.05) is 0 Å². The molecule has 0 saturated heterocycles. The Bertz CT molecular complexity index is 618. The van der Waals surface area contributed by atoms with E-state index in [2.05, 4.69) is 4.98 Å². The van der Waals surface area contributed by atoms with Crippen LogP contribution in [-0.4, -0.2) is 44.0 Å². The Labute approximate surface area is 106 Å². The van der Waals surface area contributed by atoms with Crippen LogP contribution in [0, 0.1) is 6.92 Å². The molecule has 1 aromatic heterocycles. The average Bonchev–Trinajstić information content (AvgIpc) is 2.25. The molecule has 100 valence electrons. The fourth-order valence-corrected chi connectivity index (χ4v) is 1.71. The van der Waals surface area contributed by atoms with Crippen molar-refractivity contribution in [1.29, 1.82) is 0 Å². The Balaban J connectivity index is 3.98. The van der Waals surface area contributed by atoms with Crippen molar-refractivity contribution < 1.29 is 34.5 Å². The molecule has 0 bridgehead atoms. The minimum Gasteiger partial charge on any atom is -0.478 e. The molecule has 0 amide bonds. The Morgan fingerprint density at radius 1 is 0.842 bits per heavy atom. The fraction of sp³-hybridized carbons (Fsp3) is 0.182. The summed E-state index contributed by atoms with van der Waals surface area (Å²) in [7, 11) is 0. The lowest BCUT2D eigenvalue weighted by molar-refractivity contribution is 0.0627. The Morgan fingerprint density at radius 2 is 1.32 bits per heavy atom. The van der Waals surface area contributed by atoms with Gasteiger partial charge in [-0.05, 0) is 13.8 Å². The number of aromatic nitrogens is 1. The van der Waals surface area contributed by atoms with Crippen molar-refractivity contribution in [3.05, 3.63) is 28.1 Å². The molecule has 19 heavy (non-hydrogen) atoms. The lowest BCUT2D eigenvalue weighted by Crippen LogP contribution is -2.22. The first kappa shape index (κ1) is 14.3. The number of Topliss-reactive ketones (excluding diaryl/α,β-unsaturated/α-hetero) is 1. The summed E-state index contributed by atoms with van der Waals surface area (Å²) >= 11 is 0. The minimum atomic E-state index is -1.77. The monoisotopic (exact) mass is 267 g/mol. The van der Waals surface area contributed by atoms with Gasteiger partial charge in [-0.15, -0.1) is 0 Å². The predicted molar refractivity (Wildman–Crippen MR) is 59.9 cm³/mol. The number of aromatic carboxylic acids is 3. The number of carboxylic acids is 3. The van der Waals surface area contributed by atoms with Gasteiger partial charge in [0, 0.05) is 5.69 Å². The van der Waals surface area contributed by atoms with Gasteiger partial charge in [0.05, 0.1) is 11.1 Å². The second-order valence-corrected chi connectivity index (χ2v) is 3.64. The number of aryl methyl sites for hydroxylation is 1. The molecule has 0 aliphatic carbocycles. The number of hydrogen-bond acceptors (Lipinski definition) is 5. The van der Waals surface area contributed by atoms with Gasteiger partial charge in [-0.2, -0.15) is 0 Å². The highest BCUT2D eigenvalue weighted by Gasteiger charge is 2.31. The third kappa shape index (κ3) is 2.41. The largest absolute Gasteiger partial charge is 0.478 e. The van der Waals surface area contributed by atoms with E-state index >= 15 is 0 Å². The van der Waals surface area contributed by atoms with Gasteiger partial charge in [0.15, 0.2) is 11.5 Å². The molecule has 3 N–H and O–H groups in total. The Kier molecular flexibility index (Phi) is 3.64. The Morgan fingerprint density at radius 3 is 1.63 bits per heavy atom. The van der Waals surface area contributed by atoms with E-state index in [0.717, 1.165) is 6.92 Å². The topological polar surface area (TPSA) is 142 Å². The number of pyridine rings is 1. The molecule has 8 nitrogen and oxygen atoms in total. The molecule has 0 saturated carbocycles. The number of carbonyl (C=O) groups excluding carboxylic acids is 1. The van der Waals surface area contributed by atoms with Crippen LogP contribution >= 0.6 is 0 Å². The van der Waals surface area contributed by atoms with Crippen LogP contribution < -0.4 is 0 Å². The van der Waals surface area contributed by atoms with Crippen LogP contribution in [0.25, 0.3) is 0 Å². The minimum absolute atomic E-state index is 0.146. The van der Waals surface area contributed by atoms with Crippen LogP contribution in [0.3, 0.4) is 0 Å². The van der Waals surface area contributed by atoms with Crippen LogP contribution in [-0.2, 0) is 0 Å². The van der Waals surface area contributed by atoms with Crippen LogP contribution in [0.15, 0.2) is 0 Å². The van der Waals surface area contributed by atoms with Gasteiger partial charge in [-0.25, -0.2) is 19.4 Å². The maximum atomic E-state index is 11.4. The van der Waals surface area contributed by atoms with Gasteiger partial charge < -0.3 is 15.3 Å². The molecule has 8 heteroatoms. The van der Waals surface area contributed by atoms with Crippen molar-refractivity contribution in [3.63, 3.8) is 0 Å². The van der Waals surface area contributed by atoms with Crippen LogP contribution in [0.4, 0.5) is 0 Å². The Hall–Kier alpha value is -2.77. The van der Waals surface area contributed by atoms with E-state index in [1.807, 2.05) is 0 Å². The smallest absolute Gasteiger partial charge is 0.355 e. The third-order valence-electron chi connectivity index (χ3n) is 2.36. The summed E-state index contributed by atoms with van der Waals surface area (Å²) in [5.41, 5.74) is -3.32. The zero-order valence-corrected chi connectivity index (χ0v) is 9.92. The summed E-state index contributed by atoms with van der Waals surface area (Å²) < 4.78 is 0. The first-order chi connectivity index (χ1) is 8.68. The SMILES string of the molecule is CC(=O)c1c(C)nc(C(=O)O)c(C(=O)O)c1C(=O)O. The molecule has 0 aromatic carbocycles. The van der Waals surface area contributed by atoms with E-state index in [1.54, 1.807) is 0 Å². The van der Waals surface area contributed by atoms with E-state index in [-0.39, 0.29) is 5.69 Å². The van der Waals surface area contributed by atoms with Crippen molar-refractivity contribution in [1.82, 2.24) is 4.98 Å². The highest BCUT2D eigenvalue weighted by molar-refractivity contribution is 6.14. The first-order valence-electron chi connectivity index (χ1n) is 4.93. The number of carboxylic acid groups (broad SMARTS) is 3. The molecule has 1 aromatic rings. The molecule has 0 spiro atoms. The van der Waals surface area contributed by atoms with Gasteiger partial charge in [-0.3, -0.25) is 4.79 Å². The van der Waals surface area contributed by atoms with Gasteiger partial charge >= 0.3 is 17.9 Å². The van der Waals surface area contributed by atoms with Crippen molar-refractivity contribution in [2.24, 2.45) is 0 Å². The van der Waals surface area contributed by atoms with E-state index in [1.165, 1.54) is 6.92 Å². The maximum absolute atomic E-state index is 11.4. The van der Waals surface area contributed by atoms with Crippen LogP contribution in [0.2, 0.25) is 0 Å². The van der Waals surface area contributed by atoms with Gasteiger partial charge in [0.2, 0.25) is 0 Å². The maximum Gasteiger partial charge on any atom is 0.355 e. The lowest BCUT2D eigenvalue weighted by Gasteiger charge is -2.11. The first-order valence-corrected chi connectivity index (χ1v) is 4.93. The summed E-state index contributed by atoms with van der Waals surface area (Å²) in [5, 5.41) is 26.9. The predicted octanol–water partition coefficient (Wildman–Crippen LogP) is 0.687. The molecule has 0 radical (unpaired) electrons. The molecule has 1 heterocycles. The van der Waals surface area contributed by atoms with Gasteiger partial charge in [-0.1, -0.05) is 0 Å². The van der Waals surface area contributed by atoms with Crippen LogP contribution in [0.5, 0.6) is 0 Å². The second-order valence-electron chi connectivity index (χ2n) is 3.64. The zero-order chi connectivity index (χ0) is 14.9. The summed E-state index contributed by atoms with van der Waals surface area (Å²) in [4.78, 5) is 48.0.